The van der Waals surface area contributed by atoms with Crippen molar-refractivity contribution in [1.82, 2.24) is 10.1 Å². The number of benzene rings is 1. The molecule has 0 amide bonds. The topological polar surface area (TPSA) is 66.6 Å². The second-order valence-corrected chi connectivity index (χ2v) is 6.03. The van der Waals surface area contributed by atoms with E-state index in [0.717, 1.165) is 36.4 Å². The standard InChI is InChI=1S/C16H17ClN2O3/c17-13-5-3-11(4-6-13)15-8-14(22-18-15)10-19-7-1-2-12(9-19)16(20)21/h3-6,8,12H,1-2,7,9-10H2,(H,20,21). The third-order valence-electron chi connectivity index (χ3n) is 3.93. The molecule has 0 aliphatic carbocycles. The van der Waals surface area contributed by atoms with Gasteiger partial charge in [0.15, 0.2) is 5.76 Å². The Morgan fingerprint density at radius 2 is 2.18 bits per heavy atom. The van der Waals surface area contributed by atoms with E-state index in [1.165, 1.54) is 0 Å². The first-order valence-corrected chi connectivity index (χ1v) is 7.66. The number of likely N-dealkylation sites (tertiary alicyclic amines) is 1. The number of hydrogen-bond donors (Lipinski definition) is 1. The summed E-state index contributed by atoms with van der Waals surface area (Å²) in [6.07, 6.45) is 1.65. The minimum absolute atomic E-state index is 0.285. The predicted octanol–water partition coefficient (Wildman–Crippen LogP) is 3.29. The molecule has 116 valence electrons. The molecule has 1 N–H and O–H groups in total. The van der Waals surface area contributed by atoms with E-state index in [0.29, 0.717) is 18.1 Å². The van der Waals surface area contributed by atoms with Crippen molar-refractivity contribution in [3.05, 3.63) is 41.1 Å². The predicted molar refractivity (Wildman–Crippen MR) is 82.6 cm³/mol. The highest BCUT2D eigenvalue weighted by Crippen LogP contribution is 2.23. The smallest absolute Gasteiger partial charge is 0.307 e. The second-order valence-electron chi connectivity index (χ2n) is 5.60. The highest BCUT2D eigenvalue weighted by molar-refractivity contribution is 6.30. The Bertz CT molecular complexity index is 654. The van der Waals surface area contributed by atoms with Gasteiger partial charge in [-0.15, -0.1) is 0 Å². The van der Waals surface area contributed by atoms with Gasteiger partial charge in [0, 0.05) is 23.2 Å². The lowest BCUT2D eigenvalue weighted by atomic mass is 9.98. The summed E-state index contributed by atoms with van der Waals surface area (Å²) >= 11 is 5.87. The second kappa shape index (κ2) is 6.50. The van der Waals surface area contributed by atoms with E-state index >= 15 is 0 Å². The van der Waals surface area contributed by atoms with Crippen molar-refractivity contribution >= 4 is 17.6 Å². The van der Waals surface area contributed by atoms with E-state index in [-0.39, 0.29) is 5.92 Å². The fourth-order valence-electron chi connectivity index (χ4n) is 2.77. The Labute approximate surface area is 133 Å². The van der Waals surface area contributed by atoms with E-state index < -0.39 is 5.97 Å². The third-order valence-corrected chi connectivity index (χ3v) is 4.19. The largest absolute Gasteiger partial charge is 0.481 e. The van der Waals surface area contributed by atoms with Crippen LogP contribution < -0.4 is 0 Å². The van der Waals surface area contributed by atoms with E-state index in [1.807, 2.05) is 30.3 Å². The average Bonchev–Trinajstić information content (AvgIpc) is 2.96. The van der Waals surface area contributed by atoms with Crippen LogP contribution in [-0.4, -0.2) is 34.2 Å². The molecule has 1 aromatic carbocycles. The van der Waals surface area contributed by atoms with Gasteiger partial charge in [-0.2, -0.15) is 0 Å². The van der Waals surface area contributed by atoms with Crippen molar-refractivity contribution in [3.8, 4) is 11.3 Å². The first-order chi connectivity index (χ1) is 10.6. The lowest BCUT2D eigenvalue weighted by Crippen LogP contribution is -2.38. The number of carboxylic acid groups (broad SMARTS) is 1. The number of carboxylic acids is 1. The first-order valence-electron chi connectivity index (χ1n) is 7.28. The number of hydrogen-bond acceptors (Lipinski definition) is 4. The van der Waals surface area contributed by atoms with Gasteiger partial charge in [-0.05, 0) is 31.5 Å². The molecule has 1 fully saturated rings. The summed E-state index contributed by atoms with van der Waals surface area (Å²) in [6.45, 7) is 2.04. The SMILES string of the molecule is O=C(O)C1CCCN(Cc2cc(-c3ccc(Cl)cc3)no2)C1. The van der Waals surface area contributed by atoms with Crippen LogP contribution in [0.3, 0.4) is 0 Å². The van der Waals surface area contributed by atoms with Gasteiger partial charge < -0.3 is 9.63 Å². The van der Waals surface area contributed by atoms with Crippen molar-refractivity contribution in [2.75, 3.05) is 13.1 Å². The molecule has 0 bridgehead atoms. The van der Waals surface area contributed by atoms with Crippen LogP contribution in [0, 0.1) is 5.92 Å². The zero-order valence-corrected chi connectivity index (χ0v) is 12.8. The van der Waals surface area contributed by atoms with Gasteiger partial charge in [0.05, 0.1) is 12.5 Å². The quantitative estimate of drug-likeness (QED) is 0.936. The lowest BCUT2D eigenvalue weighted by Gasteiger charge is -2.29. The molecule has 2 aromatic rings. The molecule has 1 atom stereocenters. The summed E-state index contributed by atoms with van der Waals surface area (Å²) in [4.78, 5) is 13.2. The Morgan fingerprint density at radius 1 is 1.41 bits per heavy atom. The van der Waals surface area contributed by atoms with E-state index in [4.69, 9.17) is 21.2 Å². The van der Waals surface area contributed by atoms with Gasteiger partial charge in [-0.3, -0.25) is 9.69 Å². The van der Waals surface area contributed by atoms with Crippen LogP contribution in [0.25, 0.3) is 11.3 Å². The molecule has 1 unspecified atom stereocenters. The Balaban J connectivity index is 1.66. The van der Waals surface area contributed by atoms with Gasteiger partial charge in [-0.25, -0.2) is 0 Å². The fourth-order valence-corrected chi connectivity index (χ4v) is 2.89. The van der Waals surface area contributed by atoms with Crippen molar-refractivity contribution in [2.45, 2.75) is 19.4 Å². The van der Waals surface area contributed by atoms with Crippen molar-refractivity contribution in [2.24, 2.45) is 5.92 Å². The Hall–Kier alpha value is -1.85. The van der Waals surface area contributed by atoms with Crippen LogP contribution in [0.1, 0.15) is 18.6 Å². The normalized spacial score (nSPS) is 19.2. The van der Waals surface area contributed by atoms with Crippen LogP contribution in [-0.2, 0) is 11.3 Å². The molecule has 3 rings (SSSR count). The molecule has 1 aliphatic heterocycles. The number of nitrogens with zero attached hydrogens (tertiary/aromatic N) is 2. The van der Waals surface area contributed by atoms with Crippen LogP contribution in [0.15, 0.2) is 34.9 Å². The zero-order chi connectivity index (χ0) is 15.5. The van der Waals surface area contributed by atoms with Crippen LogP contribution in [0.2, 0.25) is 5.02 Å². The van der Waals surface area contributed by atoms with Crippen molar-refractivity contribution in [1.29, 1.82) is 0 Å². The molecule has 1 aromatic heterocycles. The molecule has 6 heteroatoms. The number of rotatable bonds is 4. The molecule has 5 nitrogen and oxygen atoms in total. The maximum absolute atomic E-state index is 11.1. The van der Waals surface area contributed by atoms with Gasteiger partial charge in [-0.1, -0.05) is 28.9 Å². The minimum Gasteiger partial charge on any atom is -0.481 e. The van der Waals surface area contributed by atoms with Gasteiger partial charge in [0.1, 0.15) is 5.69 Å². The molecule has 0 spiro atoms. The van der Waals surface area contributed by atoms with E-state index in [1.54, 1.807) is 0 Å². The summed E-state index contributed by atoms with van der Waals surface area (Å²) in [5.74, 6) is -0.257. The Morgan fingerprint density at radius 3 is 2.91 bits per heavy atom. The summed E-state index contributed by atoms with van der Waals surface area (Å²) < 4.78 is 5.38. The van der Waals surface area contributed by atoms with E-state index in [9.17, 15) is 4.79 Å². The highest BCUT2D eigenvalue weighted by atomic mass is 35.5. The summed E-state index contributed by atoms with van der Waals surface area (Å²) in [6, 6.07) is 9.31. The molecule has 2 heterocycles. The molecule has 22 heavy (non-hydrogen) atoms. The maximum Gasteiger partial charge on any atom is 0.307 e. The minimum atomic E-state index is -0.718. The van der Waals surface area contributed by atoms with Gasteiger partial charge in [0.25, 0.3) is 0 Å². The summed E-state index contributed by atoms with van der Waals surface area (Å²) in [5, 5.41) is 13.9. The summed E-state index contributed by atoms with van der Waals surface area (Å²) in [5.41, 5.74) is 1.71. The number of aliphatic carboxylic acids is 1. The van der Waals surface area contributed by atoms with Gasteiger partial charge in [0.2, 0.25) is 0 Å². The average molecular weight is 321 g/mol. The van der Waals surface area contributed by atoms with Crippen LogP contribution >= 0.6 is 11.6 Å². The molecule has 0 saturated carbocycles. The summed E-state index contributed by atoms with van der Waals surface area (Å²) in [7, 11) is 0. The molecule has 1 aliphatic rings. The highest BCUT2D eigenvalue weighted by Gasteiger charge is 2.26. The molecular formula is C16H17ClN2O3. The third kappa shape index (κ3) is 3.48. The van der Waals surface area contributed by atoms with Crippen molar-refractivity contribution in [3.63, 3.8) is 0 Å². The molecular weight excluding hydrogens is 304 g/mol. The number of halogens is 1. The number of carbonyl (C=O) groups is 1. The first kappa shape index (κ1) is 15.1. The van der Waals surface area contributed by atoms with Crippen LogP contribution in [0.4, 0.5) is 0 Å². The van der Waals surface area contributed by atoms with Crippen LogP contribution in [0.5, 0.6) is 0 Å². The lowest BCUT2D eigenvalue weighted by molar-refractivity contribution is -0.143. The zero-order valence-electron chi connectivity index (χ0n) is 12.0. The number of aromatic nitrogens is 1. The number of piperidine rings is 1. The maximum atomic E-state index is 11.1. The van der Waals surface area contributed by atoms with E-state index in [2.05, 4.69) is 10.1 Å². The van der Waals surface area contributed by atoms with Crippen molar-refractivity contribution < 1.29 is 14.4 Å². The monoisotopic (exact) mass is 320 g/mol. The molecule has 0 radical (unpaired) electrons. The van der Waals surface area contributed by atoms with Gasteiger partial charge >= 0.3 is 5.97 Å². The molecule has 1 saturated heterocycles. The fraction of sp³-hybridized carbons (Fsp3) is 0.375. The Kier molecular flexibility index (Phi) is 4.45.